The van der Waals surface area contributed by atoms with E-state index in [4.69, 9.17) is 8.83 Å². The van der Waals surface area contributed by atoms with E-state index >= 15 is 0 Å². The van der Waals surface area contributed by atoms with Gasteiger partial charge in [-0.05, 0) is 19.1 Å². The van der Waals surface area contributed by atoms with Crippen molar-refractivity contribution >= 4 is 17.8 Å². The summed E-state index contributed by atoms with van der Waals surface area (Å²) in [6.07, 6.45) is 0. The summed E-state index contributed by atoms with van der Waals surface area (Å²) in [5, 5.41) is 24.4. The molecular weight excluding hydrogens is 308 g/mol. The Morgan fingerprint density at radius 1 is 1.35 bits per heavy atom. The van der Waals surface area contributed by atoms with Crippen molar-refractivity contribution in [3.63, 3.8) is 0 Å². The topological polar surface area (TPSA) is 142 Å². The highest BCUT2D eigenvalue weighted by Gasteiger charge is 2.20. The second-order valence-corrected chi connectivity index (χ2v) is 4.56. The number of carbonyl (C=O) groups is 1. The Bertz CT molecular complexity index is 872. The van der Waals surface area contributed by atoms with E-state index < -0.39 is 16.7 Å². The van der Waals surface area contributed by atoms with E-state index in [0.717, 1.165) is 11.8 Å². The number of furan rings is 1. The predicted octanol–water partition coefficient (Wildman–Crippen LogP) is 1.53. The number of nitrogens with zero attached hydrogens (tertiary/aromatic N) is 5. The van der Waals surface area contributed by atoms with Crippen LogP contribution in [-0.4, -0.2) is 30.8 Å². The second kappa shape index (κ2) is 5.36. The van der Waals surface area contributed by atoms with Crippen molar-refractivity contribution < 1.29 is 18.6 Å². The lowest BCUT2D eigenvalue weighted by molar-refractivity contribution is -0.402. The molecule has 0 aliphatic heterocycles. The first-order valence-corrected chi connectivity index (χ1v) is 6.34. The van der Waals surface area contributed by atoms with E-state index in [0.29, 0.717) is 5.69 Å². The highest BCUT2D eigenvalue weighted by Crippen LogP contribution is 2.20. The fourth-order valence-corrected chi connectivity index (χ4v) is 1.75. The van der Waals surface area contributed by atoms with Crippen LogP contribution < -0.4 is 5.32 Å². The van der Waals surface area contributed by atoms with Gasteiger partial charge in [0.15, 0.2) is 5.76 Å². The van der Waals surface area contributed by atoms with Crippen LogP contribution in [0, 0.1) is 17.0 Å². The molecule has 0 saturated carbocycles. The number of anilines is 1. The molecule has 11 nitrogen and oxygen atoms in total. The number of carbonyl (C=O) groups excluding carboxylic acids is 1. The van der Waals surface area contributed by atoms with Crippen molar-refractivity contribution in [2.24, 2.45) is 7.05 Å². The third-order valence-corrected chi connectivity index (χ3v) is 2.97. The van der Waals surface area contributed by atoms with Crippen LogP contribution >= 0.6 is 0 Å². The largest absolute Gasteiger partial charge is 0.433 e. The van der Waals surface area contributed by atoms with Gasteiger partial charge in [0.05, 0.1) is 6.07 Å². The van der Waals surface area contributed by atoms with Crippen molar-refractivity contribution in [3.8, 4) is 11.6 Å². The normalized spacial score (nSPS) is 10.7. The molecule has 0 fully saturated rings. The Morgan fingerprint density at radius 2 is 2.13 bits per heavy atom. The van der Waals surface area contributed by atoms with E-state index in [-0.39, 0.29) is 17.7 Å². The molecule has 0 atom stereocenters. The third-order valence-electron chi connectivity index (χ3n) is 2.97. The summed E-state index contributed by atoms with van der Waals surface area (Å²) in [5.74, 6) is -1.39. The molecule has 1 amide bonds. The molecule has 0 bridgehead atoms. The van der Waals surface area contributed by atoms with Crippen LogP contribution in [0.5, 0.6) is 0 Å². The van der Waals surface area contributed by atoms with Gasteiger partial charge in [0, 0.05) is 12.7 Å². The van der Waals surface area contributed by atoms with Gasteiger partial charge in [0.2, 0.25) is 0 Å². The molecule has 3 aromatic heterocycles. The highest BCUT2D eigenvalue weighted by atomic mass is 16.6. The molecule has 3 heterocycles. The van der Waals surface area contributed by atoms with Gasteiger partial charge in [-0.15, -0.1) is 5.10 Å². The number of nitro groups is 1. The van der Waals surface area contributed by atoms with E-state index in [1.807, 2.05) is 6.92 Å². The first-order valence-electron chi connectivity index (χ1n) is 6.34. The molecule has 23 heavy (non-hydrogen) atoms. The Morgan fingerprint density at radius 3 is 2.74 bits per heavy atom. The minimum Gasteiger partial charge on any atom is -0.401 e. The SMILES string of the molecule is Cc1cc(-c2nnc(NC(=O)c3ccc([N+](=O)[O-])o3)o2)nn1C. The molecule has 3 rings (SSSR count). The summed E-state index contributed by atoms with van der Waals surface area (Å²) in [4.78, 5) is 21.6. The van der Waals surface area contributed by atoms with Crippen molar-refractivity contribution in [1.29, 1.82) is 0 Å². The van der Waals surface area contributed by atoms with E-state index in [1.54, 1.807) is 17.8 Å². The maximum absolute atomic E-state index is 11.9. The van der Waals surface area contributed by atoms with Crippen LogP contribution in [0.15, 0.2) is 27.0 Å². The first kappa shape index (κ1) is 14.4. The van der Waals surface area contributed by atoms with Crippen molar-refractivity contribution in [1.82, 2.24) is 20.0 Å². The minimum atomic E-state index is -0.745. The van der Waals surface area contributed by atoms with Gasteiger partial charge in [-0.25, -0.2) is 0 Å². The number of aryl methyl sites for hydroxylation is 2. The van der Waals surface area contributed by atoms with Crippen LogP contribution in [0.3, 0.4) is 0 Å². The number of hydrogen-bond acceptors (Lipinski definition) is 8. The van der Waals surface area contributed by atoms with Crippen molar-refractivity contribution in [2.75, 3.05) is 5.32 Å². The monoisotopic (exact) mass is 318 g/mol. The standard InChI is InChI=1S/C12H10N6O5/c1-6-5-7(16-17(6)2)11-14-15-12(23-11)13-10(19)8-3-4-9(22-8)18(20)21/h3-5H,1-2H3,(H,13,15,19). The van der Waals surface area contributed by atoms with Gasteiger partial charge in [-0.1, -0.05) is 5.10 Å². The molecule has 0 saturated heterocycles. The van der Waals surface area contributed by atoms with Crippen molar-refractivity contribution in [3.05, 3.63) is 39.8 Å². The number of nitrogens with one attached hydrogen (secondary N) is 1. The molecule has 0 aliphatic rings. The van der Waals surface area contributed by atoms with Crippen LogP contribution in [0.2, 0.25) is 0 Å². The molecule has 0 aliphatic carbocycles. The Labute approximate surface area is 128 Å². The van der Waals surface area contributed by atoms with Gasteiger partial charge in [-0.2, -0.15) is 5.10 Å². The summed E-state index contributed by atoms with van der Waals surface area (Å²) in [7, 11) is 1.77. The lowest BCUT2D eigenvalue weighted by Crippen LogP contribution is -2.11. The number of hydrogen-bond donors (Lipinski definition) is 1. The van der Waals surface area contributed by atoms with Crippen LogP contribution in [0.25, 0.3) is 11.6 Å². The Hall–Kier alpha value is -3.50. The zero-order valence-corrected chi connectivity index (χ0v) is 12.0. The fraction of sp³-hybridized carbons (Fsp3) is 0.167. The molecule has 118 valence electrons. The van der Waals surface area contributed by atoms with Gasteiger partial charge < -0.3 is 8.83 Å². The van der Waals surface area contributed by atoms with Crippen LogP contribution in [0.4, 0.5) is 11.9 Å². The van der Waals surface area contributed by atoms with Gasteiger partial charge in [0.25, 0.3) is 11.8 Å². The van der Waals surface area contributed by atoms with E-state index in [1.165, 1.54) is 6.07 Å². The number of rotatable bonds is 4. The molecule has 0 radical (unpaired) electrons. The summed E-state index contributed by atoms with van der Waals surface area (Å²) < 4.78 is 11.7. The summed E-state index contributed by atoms with van der Waals surface area (Å²) in [6.45, 7) is 1.86. The summed E-state index contributed by atoms with van der Waals surface area (Å²) in [5.41, 5.74) is 1.36. The fourth-order valence-electron chi connectivity index (χ4n) is 1.75. The lowest BCUT2D eigenvalue weighted by Gasteiger charge is -1.95. The number of amides is 1. The average molecular weight is 318 g/mol. The van der Waals surface area contributed by atoms with Crippen LogP contribution in [-0.2, 0) is 7.05 Å². The maximum atomic E-state index is 11.9. The lowest BCUT2D eigenvalue weighted by atomic mass is 10.4. The van der Waals surface area contributed by atoms with Gasteiger partial charge in [-0.3, -0.25) is 24.9 Å². The first-order chi connectivity index (χ1) is 10.9. The highest BCUT2D eigenvalue weighted by molar-refractivity contribution is 6.01. The molecule has 0 aromatic carbocycles. The maximum Gasteiger partial charge on any atom is 0.433 e. The molecular formula is C12H10N6O5. The third kappa shape index (κ3) is 2.79. The van der Waals surface area contributed by atoms with E-state index in [9.17, 15) is 14.9 Å². The molecule has 11 heteroatoms. The van der Waals surface area contributed by atoms with Crippen molar-refractivity contribution in [2.45, 2.75) is 6.92 Å². The Kier molecular flexibility index (Phi) is 3.37. The summed E-state index contributed by atoms with van der Waals surface area (Å²) >= 11 is 0. The average Bonchev–Trinajstić information content (AvgIpc) is 3.20. The van der Waals surface area contributed by atoms with Crippen LogP contribution in [0.1, 0.15) is 16.2 Å². The summed E-state index contributed by atoms with van der Waals surface area (Å²) in [6, 6.07) is 3.82. The Balaban J connectivity index is 1.75. The predicted molar refractivity (Wildman–Crippen MR) is 74.6 cm³/mol. The smallest absolute Gasteiger partial charge is 0.401 e. The zero-order chi connectivity index (χ0) is 16.6. The zero-order valence-electron chi connectivity index (χ0n) is 12.0. The van der Waals surface area contributed by atoms with E-state index in [2.05, 4.69) is 20.6 Å². The molecule has 1 N–H and O–H groups in total. The van der Waals surface area contributed by atoms with Gasteiger partial charge >= 0.3 is 11.9 Å². The molecule has 3 aromatic rings. The quantitative estimate of drug-likeness (QED) is 0.563. The number of aromatic nitrogens is 4. The minimum absolute atomic E-state index is 0.134. The molecule has 0 spiro atoms. The second-order valence-electron chi connectivity index (χ2n) is 4.56. The van der Waals surface area contributed by atoms with Gasteiger partial charge in [0.1, 0.15) is 10.6 Å². The molecule has 0 unspecified atom stereocenters.